The second-order valence-corrected chi connectivity index (χ2v) is 6.60. The van der Waals surface area contributed by atoms with Gasteiger partial charge in [-0.05, 0) is 37.6 Å². The van der Waals surface area contributed by atoms with Crippen molar-refractivity contribution in [2.45, 2.75) is 20.4 Å². The van der Waals surface area contributed by atoms with Crippen molar-refractivity contribution in [3.63, 3.8) is 0 Å². The first kappa shape index (κ1) is 20.1. The van der Waals surface area contributed by atoms with E-state index in [1.165, 1.54) is 12.3 Å². The Morgan fingerprint density at radius 3 is 2.52 bits per heavy atom. The number of esters is 1. The first-order valence-corrected chi connectivity index (χ1v) is 9.17. The van der Waals surface area contributed by atoms with E-state index in [1.807, 2.05) is 48.7 Å². The topological polar surface area (TPSA) is 90.5 Å². The number of carbonyl (C=O) groups excluding carboxylic acids is 3. The summed E-state index contributed by atoms with van der Waals surface area (Å²) in [6, 6.07) is 14.8. The van der Waals surface area contributed by atoms with Crippen molar-refractivity contribution < 1.29 is 23.5 Å². The van der Waals surface area contributed by atoms with Gasteiger partial charge in [0.05, 0.1) is 6.26 Å². The lowest BCUT2D eigenvalue weighted by atomic mass is 10.1. The molecule has 1 N–H and O–H groups in total. The maximum absolute atomic E-state index is 12.5. The van der Waals surface area contributed by atoms with Crippen LogP contribution < -0.4 is 5.32 Å². The Kier molecular flexibility index (Phi) is 6.29. The predicted octanol–water partition coefficient (Wildman–Crippen LogP) is 2.90. The van der Waals surface area contributed by atoms with Crippen LogP contribution in [0.4, 0.5) is 0 Å². The molecule has 3 rings (SSSR count). The molecule has 1 aromatic carbocycles. The molecular formula is C22H22N2O5. The van der Waals surface area contributed by atoms with E-state index in [-0.39, 0.29) is 24.7 Å². The number of aryl methyl sites for hydroxylation is 1. The van der Waals surface area contributed by atoms with Gasteiger partial charge in [-0.1, -0.05) is 30.3 Å². The highest BCUT2D eigenvalue weighted by molar-refractivity contribution is 5.99. The Balaban J connectivity index is 1.54. The molecule has 0 saturated carbocycles. The molecule has 0 radical (unpaired) electrons. The van der Waals surface area contributed by atoms with Crippen LogP contribution in [0.2, 0.25) is 0 Å². The van der Waals surface area contributed by atoms with Gasteiger partial charge in [-0.25, -0.2) is 0 Å². The van der Waals surface area contributed by atoms with E-state index in [0.717, 1.165) is 17.0 Å². The van der Waals surface area contributed by atoms with Crippen molar-refractivity contribution in [1.29, 1.82) is 0 Å². The largest absolute Gasteiger partial charge is 0.459 e. The zero-order chi connectivity index (χ0) is 20.8. The van der Waals surface area contributed by atoms with Gasteiger partial charge in [0.2, 0.25) is 5.78 Å². The summed E-state index contributed by atoms with van der Waals surface area (Å²) in [6.07, 6.45) is 1.36. The first-order chi connectivity index (χ1) is 14.0. The number of ketones is 1. The van der Waals surface area contributed by atoms with Gasteiger partial charge in [-0.15, -0.1) is 0 Å². The summed E-state index contributed by atoms with van der Waals surface area (Å²) in [7, 11) is 0. The summed E-state index contributed by atoms with van der Waals surface area (Å²) < 4.78 is 12.0. The number of benzene rings is 1. The normalized spacial score (nSPS) is 10.6. The standard InChI is InChI=1S/C22H22N2O5/c1-15-11-18(16(2)24(15)13-17-7-4-3-5-8-17)19(25)14-29-21(26)12-23-22(27)20-9-6-10-28-20/h3-11H,12-14H2,1-2H3,(H,23,27). The van der Waals surface area contributed by atoms with Crippen molar-refractivity contribution in [1.82, 2.24) is 9.88 Å². The fourth-order valence-electron chi connectivity index (χ4n) is 3.01. The van der Waals surface area contributed by atoms with Crippen molar-refractivity contribution in [2.24, 2.45) is 0 Å². The minimum absolute atomic E-state index is 0.0970. The molecule has 0 aliphatic carbocycles. The number of hydrogen-bond donors (Lipinski definition) is 1. The lowest BCUT2D eigenvalue weighted by molar-refractivity contribution is -0.141. The van der Waals surface area contributed by atoms with Crippen molar-refractivity contribution in [3.05, 3.63) is 83.1 Å². The molecular weight excluding hydrogens is 372 g/mol. The van der Waals surface area contributed by atoms with Crippen LogP contribution in [0.25, 0.3) is 0 Å². The number of hydrogen-bond acceptors (Lipinski definition) is 5. The smallest absolute Gasteiger partial charge is 0.325 e. The van der Waals surface area contributed by atoms with E-state index < -0.39 is 11.9 Å². The number of ether oxygens (including phenoxy) is 1. The summed E-state index contributed by atoms with van der Waals surface area (Å²) in [6.45, 7) is 3.73. The van der Waals surface area contributed by atoms with Crippen LogP contribution >= 0.6 is 0 Å². The van der Waals surface area contributed by atoms with Crippen LogP contribution in [0.15, 0.2) is 59.2 Å². The number of Topliss-reactive ketones (excluding diaryl/α,β-unsaturated/α-hetero) is 1. The lowest BCUT2D eigenvalue weighted by Gasteiger charge is -2.10. The van der Waals surface area contributed by atoms with E-state index in [0.29, 0.717) is 12.1 Å². The summed E-state index contributed by atoms with van der Waals surface area (Å²) in [5.41, 5.74) is 3.42. The summed E-state index contributed by atoms with van der Waals surface area (Å²) in [5, 5.41) is 2.38. The van der Waals surface area contributed by atoms with Crippen LogP contribution in [-0.4, -0.2) is 35.4 Å². The van der Waals surface area contributed by atoms with Gasteiger partial charge in [-0.2, -0.15) is 0 Å². The third-order valence-electron chi connectivity index (χ3n) is 4.56. The van der Waals surface area contributed by atoms with Gasteiger partial charge in [-0.3, -0.25) is 14.4 Å². The van der Waals surface area contributed by atoms with Crippen molar-refractivity contribution >= 4 is 17.7 Å². The molecule has 1 amide bonds. The third-order valence-corrected chi connectivity index (χ3v) is 4.56. The molecule has 0 atom stereocenters. The van der Waals surface area contributed by atoms with Crippen LogP contribution in [0, 0.1) is 13.8 Å². The highest BCUT2D eigenvalue weighted by Crippen LogP contribution is 2.18. The number of aromatic nitrogens is 1. The SMILES string of the molecule is Cc1cc(C(=O)COC(=O)CNC(=O)c2ccco2)c(C)n1Cc1ccccc1. The molecule has 0 fully saturated rings. The minimum Gasteiger partial charge on any atom is -0.459 e. The summed E-state index contributed by atoms with van der Waals surface area (Å²) >= 11 is 0. The van der Waals surface area contributed by atoms with Gasteiger partial charge in [0.25, 0.3) is 5.91 Å². The molecule has 0 aliphatic rings. The molecule has 0 bridgehead atoms. The molecule has 150 valence electrons. The van der Waals surface area contributed by atoms with Gasteiger partial charge < -0.3 is 19.0 Å². The highest BCUT2D eigenvalue weighted by atomic mass is 16.5. The van der Waals surface area contributed by atoms with E-state index in [1.54, 1.807) is 12.1 Å². The number of furan rings is 1. The Labute approximate surface area is 168 Å². The number of nitrogens with zero attached hydrogens (tertiary/aromatic N) is 1. The number of rotatable bonds is 8. The van der Waals surface area contributed by atoms with Crippen LogP contribution in [0.1, 0.15) is 37.9 Å². The second kappa shape index (κ2) is 9.05. The summed E-state index contributed by atoms with van der Waals surface area (Å²) in [4.78, 5) is 36.1. The van der Waals surface area contributed by atoms with Gasteiger partial charge in [0, 0.05) is 23.5 Å². The lowest BCUT2D eigenvalue weighted by Crippen LogP contribution is -2.31. The molecule has 29 heavy (non-hydrogen) atoms. The van der Waals surface area contributed by atoms with E-state index >= 15 is 0 Å². The van der Waals surface area contributed by atoms with E-state index in [2.05, 4.69) is 5.32 Å². The Morgan fingerprint density at radius 1 is 1.07 bits per heavy atom. The number of nitrogens with one attached hydrogen (secondary N) is 1. The number of carbonyl (C=O) groups is 3. The maximum atomic E-state index is 12.5. The molecule has 7 heteroatoms. The van der Waals surface area contributed by atoms with Gasteiger partial charge in [0.15, 0.2) is 12.4 Å². The van der Waals surface area contributed by atoms with Gasteiger partial charge >= 0.3 is 5.97 Å². The quantitative estimate of drug-likeness (QED) is 0.469. The van der Waals surface area contributed by atoms with E-state index in [4.69, 9.17) is 9.15 Å². The molecule has 0 saturated heterocycles. The van der Waals surface area contributed by atoms with Gasteiger partial charge in [0.1, 0.15) is 6.54 Å². The molecule has 3 aromatic rings. The maximum Gasteiger partial charge on any atom is 0.325 e. The second-order valence-electron chi connectivity index (χ2n) is 6.60. The Bertz CT molecular complexity index is 1000. The van der Waals surface area contributed by atoms with Crippen LogP contribution in [0.5, 0.6) is 0 Å². The fraction of sp³-hybridized carbons (Fsp3) is 0.227. The molecule has 0 spiro atoms. The predicted molar refractivity (Wildman–Crippen MR) is 106 cm³/mol. The van der Waals surface area contributed by atoms with Crippen molar-refractivity contribution in [3.8, 4) is 0 Å². The van der Waals surface area contributed by atoms with Crippen molar-refractivity contribution in [2.75, 3.05) is 13.2 Å². The molecule has 0 aliphatic heterocycles. The summed E-state index contributed by atoms with van der Waals surface area (Å²) in [5.74, 6) is -1.41. The molecule has 2 aromatic heterocycles. The monoisotopic (exact) mass is 394 g/mol. The van der Waals surface area contributed by atoms with E-state index in [9.17, 15) is 14.4 Å². The molecule has 2 heterocycles. The molecule has 7 nitrogen and oxygen atoms in total. The minimum atomic E-state index is -0.698. The highest BCUT2D eigenvalue weighted by Gasteiger charge is 2.18. The Hall–Kier alpha value is -3.61. The zero-order valence-electron chi connectivity index (χ0n) is 16.3. The van der Waals surface area contributed by atoms with Crippen LogP contribution in [0.3, 0.4) is 0 Å². The average Bonchev–Trinajstić information content (AvgIpc) is 3.35. The van der Waals surface area contributed by atoms with Crippen LogP contribution in [-0.2, 0) is 16.1 Å². The Morgan fingerprint density at radius 2 is 1.83 bits per heavy atom. The number of amides is 1. The third kappa shape index (κ3) is 5.01. The average molecular weight is 394 g/mol. The zero-order valence-corrected chi connectivity index (χ0v) is 16.3. The fourth-order valence-corrected chi connectivity index (χ4v) is 3.01. The first-order valence-electron chi connectivity index (χ1n) is 9.17. The molecule has 0 unspecified atom stereocenters.